The molecule has 0 saturated carbocycles. The van der Waals surface area contributed by atoms with Gasteiger partial charge in [0.05, 0.1) is 23.7 Å². The van der Waals surface area contributed by atoms with Gasteiger partial charge in [-0.05, 0) is 6.92 Å². The zero-order valence-electron chi connectivity index (χ0n) is 10.4. The molecule has 0 bridgehead atoms. The van der Waals surface area contributed by atoms with Crippen molar-refractivity contribution < 1.29 is 14.8 Å². The van der Waals surface area contributed by atoms with E-state index < -0.39 is 11.0 Å². The Kier molecular flexibility index (Phi) is 3.76. The lowest BCUT2D eigenvalue weighted by molar-refractivity contribution is -0.383. The van der Waals surface area contributed by atoms with Crippen LogP contribution in [-0.4, -0.2) is 51.9 Å². The van der Waals surface area contributed by atoms with Gasteiger partial charge in [0.15, 0.2) is 0 Å². The number of hydrogen-bond acceptors (Lipinski definition) is 8. The first-order valence-corrected chi connectivity index (χ1v) is 5.79. The standard InChI is InChI=1S/C10H15N5O4/c1-6-2-14(3-7(4-16)19-6)10-8(15(17)18)9(11)12-5-13-10/h5-7,16H,2-4H2,1H3,(H2,11,12,13). The minimum atomic E-state index is -0.598. The van der Waals surface area contributed by atoms with E-state index in [1.165, 1.54) is 6.33 Å². The number of nitro groups is 1. The lowest BCUT2D eigenvalue weighted by Crippen LogP contribution is -2.48. The molecule has 9 nitrogen and oxygen atoms in total. The maximum absolute atomic E-state index is 11.1. The largest absolute Gasteiger partial charge is 0.394 e. The predicted octanol–water partition coefficient (Wildman–Crippen LogP) is -0.447. The van der Waals surface area contributed by atoms with Crippen LogP contribution < -0.4 is 10.6 Å². The Balaban J connectivity index is 2.35. The second-order valence-corrected chi connectivity index (χ2v) is 4.34. The molecule has 0 radical (unpaired) electrons. The van der Waals surface area contributed by atoms with Gasteiger partial charge < -0.3 is 20.5 Å². The molecule has 2 unspecified atom stereocenters. The fourth-order valence-electron chi connectivity index (χ4n) is 2.11. The van der Waals surface area contributed by atoms with Crippen molar-refractivity contribution in [1.82, 2.24) is 9.97 Å². The van der Waals surface area contributed by atoms with E-state index in [4.69, 9.17) is 15.6 Å². The number of hydrogen-bond donors (Lipinski definition) is 2. The van der Waals surface area contributed by atoms with Crippen molar-refractivity contribution >= 4 is 17.3 Å². The third-order valence-corrected chi connectivity index (χ3v) is 2.84. The fourth-order valence-corrected chi connectivity index (χ4v) is 2.11. The number of nitrogens with two attached hydrogens (primary N) is 1. The highest BCUT2D eigenvalue weighted by Gasteiger charge is 2.31. The zero-order valence-corrected chi connectivity index (χ0v) is 10.4. The average molecular weight is 269 g/mol. The Morgan fingerprint density at radius 1 is 1.63 bits per heavy atom. The second kappa shape index (κ2) is 5.33. The summed E-state index contributed by atoms with van der Waals surface area (Å²) in [6.07, 6.45) is 0.618. The number of nitrogens with zero attached hydrogens (tertiary/aromatic N) is 4. The Hall–Kier alpha value is -2.00. The van der Waals surface area contributed by atoms with Crippen LogP contribution in [0.3, 0.4) is 0 Å². The molecule has 1 aliphatic rings. The average Bonchev–Trinajstić information content (AvgIpc) is 2.37. The third kappa shape index (κ3) is 2.71. The van der Waals surface area contributed by atoms with Gasteiger partial charge in [0.25, 0.3) is 0 Å². The van der Waals surface area contributed by atoms with Gasteiger partial charge in [-0.2, -0.15) is 0 Å². The Morgan fingerprint density at radius 2 is 2.37 bits per heavy atom. The maximum atomic E-state index is 11.1. The summed E-state index contributed by atoms with van der Waals surface area (Å²) in [5.41, 5.74) is 5.22. The van der Waals surface area contributed by atoms with E-state index in [-0.39, 0.29) is 30.0 Å². The van der Waals surface area contributed by atoms with E-state index in [9.17, 15) is 10.1 Å². The van der Waals surface area contributed by atoms with Gasteiger partial charge in [-0.15, -0.1) is 0 Å². The van der Waals surface area contributed by atoms with Crippen LogP contribution in [-0.2, 0) is 4.74 Å². The topological polar surface area (TPSA) is 128 Å². The van der Waals surface area contributed by atoms with E-state index in [1.54, 1.807) is 4.90 Å². The molecule has 0 spiro atoms. The summed E-state index contributed by atoms with van der Waals surface area (Å²) in [7, 11) is 0. The van der Waals surface area contributed by atoms with Crippen molar-refractivity contribution in [3.8, 4) is 0 Å². The van der Waals surface area contributed by atoms with Crippen molar-refractivity contribution in [3.63, 3.8) is 0 Å². The van der Waals surface area contributed by atoms with Gasteiger partial charge in [0, 0.05) is 13.1 Å². The van der Waals surface area contributed by atoms with Crippen LogP contribution in [0.2, 0.25) is 0 Å². The number of aromatic nitrogens is 2. The molecule has 1 aromatic rings. The summed E-state index contributed by atoms with van der Waals surface area (Å²) in [6.45, 7) is 2.42. The molecule has 0 aliphatic carbocycles. The normalized spacial score (nSPS) is 23.4. The minimum absolute atomic E-state index is 0.158. The van der Waals surface area contributed by atoms with Gasteiger partial charge in [-0.25, -0.2) is 9.97 Å². The van der Waals surface area contributed by atoms with Crippen LogP contribution in [0.4, 0.5) is 17.3 Å². The van der Waals surface area contributed by atoms with Crippen molar-refractivity contribution in [2.75, 3.05) is 30.3 Å². The summed E-state index contributed by atoms with van der Waals surface area (Å²) in [5.74, 6) is -0.0132. The number of ether oxygens (including phenoxy) is 1. The fraction of sp³-hybridized carbons (Fsp3) is 0.600. The van der Waals surface area contributed by atoms with Crippen molar-refractivity contribution in [3.05, 3.63) is 16.4 Å². The Labute approximate surface area is 109 Å². The first kappa shape index (κ1) is 13.4. The van der Waals surface area contributed by atoms with Crippen LogP contribution in [0.5, 0.6) is 0 Å². The molecular weight excluding hydrogens is 254 g/mol. The lowest BCUT2D eigenvalue weighted by Gasteiger charge is -2.36. The molecule has 2 rings (SSSR count). The van der Waals surface area contributed by atoms with Crippen LogP contribution in [0.15, 0.2) is 6.33 Å². The van der Waals surface area contributed by atoms with E-state index in [0.717, 1.165) is 0 Å². The number of nitrogen functional groups attached to an aromatic ring is 1. The molecule has 0 amide bonds. The first-order valence-electron chi connectivity index (χ1n) is 5.79. The van der Waals surface area contributed by atoms with Gasteiger partial charge in [0.2, 0.25) is 11.6 Å². The lowest BCUT2D eigenvalue weighted by atomic mass is 10.2. The van der Waals surface area contributed by atoms with Gasteiger partial charge in [0.1, 0.15) is 6.33 Å². The highest BCUT2D eigenvalue weighted by Crippen LogP contribution is 2.31. The highest BCUT2D eigenvalue weighted by molar-refractivity contribution is 5.68. The quantitative estimate of drug-likeness (QED) is 0.558. The van der Waals surface area contributed by atoms with Gasteiger partial charge in [-0.3, -0.25) is 10.1 Å². The van der Waals surface area contributed by atoms with E-state index in [1.807, 2.05) is 6.92 Å². The first-order chi connectivity index (χ1) is 9.02. The van der Waals surface area contributed by atoms with Crippen LogP contribution in [0, 0.1) is 10.1 Å². The molecule has 1 aliphatic heterocycles. The molecule has 2 atom stereocenters. The van der Waals surface area contributed by atoms with Gasteiger partial charge in [-0.1, -0.05) is 0 Å². The number of rotatable bonds is 3. The molecule has 9 heteroatoms. The van der Waals surface area contributed by atoms with Crippen LogP contribution in [0.1, 0.15) is 6.92 Å². The number of aliphatic hydroxyl groups excluding tert-OH is 1. The predicted molar refractivity (Wildman–Crippen MR) is 66.7 cm³/mol. The molecule has 104 valence electrons. The summed E-state index contributed by atoms with van der Waals surface area (Å²) >= 11 is 0. The minimum Gasteiger partial charge on any atom is -0.394 e. The van der Waals surface area contributed by atoms with E-state index >= 15 is 0 Å². The second-order valence-electron chi connectivity index (χ2n) is 4.34. The molecule has 19 heavy (non-hydrogen) atoms. The third-order valence-electron chi connectivity index (χ3n) is 2.84. The van der Waals surface area contributed by atoms with Crippen molar-refractivity contribution in [1.29, 1.82) is 0 Å². The zero-order chi connectivity index (χ0) is 14.0. The molecule has 1 aromatic heterocycles. The Morgan fingerprint density at radius 3 is 3.00 bits per heavy atom. The number of anilines is 2. The summed E-state index contributed by atoms with van der Waals surface area (Å²) in [4.78, 5) is 19.7. The number of morpholine rings is 1. The van der Waals surface area contributed by atoms with Gasteiger partial charge >= 0.3 is 5.69 Å². The summed E-state index contributed by atoms with van der Waals surface area (Å²) < 4.78 is 5.48. The maximum Gasteiger partial charge on any atom is 0.353 e. The van der Waals surface area contributed by atoms with Crippen molar-refractivity contribution in [2.24, 2.45) is 0 Å². The monoisotopic (exact) mass is 269 g/mol. The van der Waals surface area contributed by atoms with E-state index in [2.05, 4.69) is 9.97 Å². The molecule has 1 fully saturated rings. The highest BCUT2D eigenvalue weighted by atomic mass is 16.6. The molecule has 0 aromatic carbocycles. The molecule has 2 heterocycles. The Bertz CT molecular complexity index is 483. The van der Waals surface area contributed by atoms with Crippen LogP contribution >= 0.6 is 0 Å². The summed E-state index contributed by atoms with van der Waals surface area (Å²) in [6, 6.07) is 0. The molecular formula is C10H15N5O4. The SMILES string of the molecule is CC1CN(c2ncnc(N)c2[N+](=O)[O-])CC(CO)O1. The van der Waals surface area contributed by atoms with E-state index in [0.29, 0.717) is 13.1 Å². The van der Waals surface area contributed by atoms with Crippen molar-refractivity contribution in [2.45, 2.75) is 19.1 Å². The molecule has 1 saturated heterocycles. The smallest absolute Gasteiger partial charge is 0.353 e. The van der Waals surface area contributed by atoms with Crippen LogP contribution in [0.25, 0.3) is 0 Å². The number of aliphatic hydroxyl groups is 1. The summed E-state index contributed by atoms with van der Waals surface area (Å²) in [5, 5.41) is 20.2. The molecule has 3 N–H and O–H groups in total.